The summed E-state index contributed by atoms with van der Waals surface area (Å²) < 4.78 is 13.2. The Morgan fingerprint density at radius 2 is 2.45 bits per heavy atom. The van der Waals surface area contributed by atoms with E-state index >= 15 is 0 Å². The molecule has 1 rings (SSSR count). The highest BCUT2D eigenvalue weighted by atomic mass is 19.1. The first kappa shape index (κ1) is 16.0. The molecule has 0 saturated heterocycles. The minimum Gasteiger partial charge on any atom is -0.350 e. The Morgan fingerprint density at radius 1 is 1.70 bits per heavy atom. The van der Waals surface area contributed by atoms with E-state index in [1.165, 1.54) is 11.1 Å². The van der Waals surface area contributed by atoms with Crippen LogP contribution in [0.2, 0.25) is 0 Å². The second-order valence-corrected chi connectivity index (χ2v) is 4.57. The van der Waals surface area contributed by atoms with Gasteiger partial charge < -0.3 is 5.73 Å². The van der Waals surface area contributed by atoms with Crippen molar-refractivity contribution in [2.75, 3.05) is 13.2 Å². The van der Waals surface area contributed by atoms with E-state index in [9.17, 15) is 9.18 Å². The molecule has 0 fully saturated rings. The Kier molecular flexibility index (Phi) is 6.51. The Hall–Kier alpha value is -2.09. The van der Waals surface area contributed by atoms with E-state index in [2.05, 4.69) is 17.9 Å². The minimum absolute atomic E-state index is 0.207. The number of alkyl halides is 1. The van der Waals surface area contributed by atoms with Crippen molar-refractivity contribution >= 4 is 11.7 Å². The normalized spacial score (nSPS) is 19.2. The molecule has 2 amide bonds. The molecule has 108 valence electrons. The lowest BCUT2D eigenvalue weighted by Gasteiger charge is -2.14. The molecule has 1 atom stereocenters. The molecule has 0 radical (unpaired) electrons. The van der Waals surface area contributed by atoms with E-state index < -0.39 is 12.7 Å². The number of carbonyl (C=O) groups excluding carboxylic acids is 1. The number of urea groups is 1. The number of terminal acetylenes is 1. The molecular formula is C15H20FN3O. The van der Waals surface area contributed by atoms with Crippen molar-refractivity contribution in [3.63, 3.8) is 0 Å². The molecule has 0 aromatic heterocycles. The van der Waals surface area contributed by atoms with Crippen LogP contribution in [-0.2, 0) is 0 Å². The van der Waals surface area contributed by atoms with Crippen LogP contribution in [0.3, 0.4) is 0 Å². The van der Waals surface area contributed by atoms with Gasteiger partial charge in [0.25, 0.3) is 0 Å². The molecule has 5 heteroatoms. The van der Waals surface area contributed by atoms with Crippen LogP contribution in [-0.4, -0.2) is 30.0 Å². The summed E-state index contributed by atoms with van der Waals surface area (Å²) in [6.45, 7) is 1.77. The number of carbonyl (C=O) groups is 1. The molecule has 4 nitrogen and oxygen atoms in total. The average molecular weight is 277 g/mol. The highest BCUT2D eigenvalue weighted by Gasteiger charge is 2.30. The van der Waals surface area contributed by atoms with Crippen LogP contribution >= 0.6 is 0 Å². The standard InChI is InChI=1S/C15H20FN3O/c1-3-5-7-8-12(10-16)13-11-19(15(17)20)18-14(13)9-6-4-2/h1,5,7-8,13H,4,6,9-11H2,2H3,(H2,17,20)/b7-5-,12-8+. The number of nitrogens with two attached hydrogens (primary N) is 1. The Bertz CT molecular complexity index is 474. The predicted molar refractivity (Wildman–Crippen MR) is 78.8 cm³/mol. The average Bonchev–Trinajstić information content (AvgIpc) is 2.85. The smallest absolute Gasteiger partial charge is 0.335 e. The number of primary amides is 1. The topological polar surface area (TPSA) is 58.7 Å². The number of rotatable bonds is 6. The Balaban J connectivity index is 2.92. The van der Waals surface area contributed by atoms with Gasteiger partial charge in [0.15, 0.2) is 0 Å². The van der Waals surface area contributed by atoms with E-state index in [4.69, 9.17) is 12.2 Å². The summed E-state index contributed by atoms with van der Waals surface area (Å²) in [5, 5.41) is 5.41. The third kappa shape index (κ3) is 4.23. The largest absolute Gasteiger partial charge is 0.350 e. The molecule has 0 saturated carbocycles. The predicted octanol–water partition coefficient (Wildman–Crippen LogP) is 2.63. The first-order chi connectivity index (χ1) is 9.63. The second kappa shape index (κ2) is 8.16. The van der Waals surface area contributed by atoms with Gasteiger partial charge in [-0.25, -0.2) is 14.2 Å². The van der Waals surface area contributed by atoms with Crippen molar-refractivity contribution in [3.05, 3.63) is 23.8 Å². The van der Waals surface area contributed by atoms with Crippen LogP contribution < -0.4 is 5.73 Å². The first-order valence-electron chi connectivity index (χ1n) is 6.66. The van der Waals surface area contributed by atoms with Crippen LogP contribution in [0.1, 0.15) is 26.2 Å². The Morgan fingerprint density at radius 3 is 3.00 bits per heavy atom. The van der Waals surface area contributed by atoms with Crippen molar-refractivity contribution in [1.82, 2.24) is 5.01 Å². The molecule has 0 spiro atoms. The monoisotopic (exact) mass is 277 g/mol. The van der Waals surface area contributed by atoms with Gasteiger partial charge in [-0.15, -0.1) is 6.42 Å². The third-order valence-corrected chi connectivity index (χ3v) is 3.15. The fourth-order valence-electron chi connectivity index (χ4n) is 2.08. The lowest BCUT2D eigenvalue weighted by atomic mass is 9.92. The van der Waals surface area contributed by atoms with E-state index in [0.29, 0.717) is 12.1 Å². The fraction of sp³-hybridized carbons (Fsp3) is 0.467. The summed E-state index contributed by atoms with van der Waals surface area (Å²) in [7, 11) is 0. The number of amides is 2. The van der Waals surface area contributed by atoms with Gasteiger partial charge in [-0.1, -0.05) is 31.4 Å². The zero-order chi connectivity index (χ0) is 15.0. The van der Waals surface area contributed by atoms with Crippen LogP contribution in [0.5, 0.6) is 0 Å². The summed E-state index contributed by atoms with van der Waals surface area (Å²) in [6, 6.07) is -0.612. The first-order valence-corrected chi connectivity index (χ1v) is 6.66. The molecule has 2 N–H and O–H groups in total. The number of allylic oxidation sites excluding steroid dienone is 3. The summed E-state index contributed by atoms with van der Waals surface area (Å²) >= 11 is 0. The van der Waals surface area contributed by atoms with Gasteiger partial charge in [0, 0.05) is 11.6 Å². The highest BCUT2D eigenvalue weighted by Crippen LogP contribution is 2.25. The number of nitrogens with zero attached hydrogens (tertiary/aromatic N) is 2. The van der Waals surface area contributed by atoms with Gasteiger partial charge in [0.05, 0.1) is 6.54 Å². The molecule has 20 heavy (non-hydrogen) atoms. The number of hydrazone groups is 1. The van der Waals surface area contributed by atoms with E-state index in [0.717, 1.165) is 25.0 Å². The van der Waals surface area contributed by atoms with Crippen LogP contribution in [0.15, 0.2) is 28.9 Å². The van der Waals surface area contributed by atoms with Gasteiger partial charge in [-0.2, -0.15) is 5.10 Å². The summed E-state index contributed by atoms with van der Waals surface area (Å²) in [4.78, 5) is 11.2. The molecule has 1 aliphatic rings. The van der Waals surface area contributed by atoms with Crippen LogP contribution in [0.4, 0.5) is 9.18 Å². The zero-order valence-electron chi connectivity index (χ0n) is 11.7. The maximum Gasteiger partial charge on any atom is 0.335 e. The Labute approximate surface area is 119 Å². The quantitative estimate of drug-likeness (QED) is 0.589. The molecule has 1 heterocycles. The van der Waals surface area contributed by atoms with Crippen molar-refractivity contribution in [3.8, 4) is 12.3 Å². The number of halogens is 1. The maximum absolute atomic E-state index is 13.2. The van der Waals surface area contributed by atoms with Gasteiger partial charge in [0.2, 0.25) is 0 Å². The lowest BCUT2D eigenvalue weighted by Crippen LogP contribution is -2.31. The molecule has 0 aromatic rings. The summed E-state index contributed by atoms with van der Waals surface area (Å²) in [6.07, 6.45) is 12.6. The molecule has 0 bridgehead atoms. The maximum atomic E-state index is 13.2. The van der Waals surface area contributed by atoms with Gasteiger partial charge in [-0.3, -0.25) is 0 Å². The second-order valence-electron chi connectivity index (χ2n) is 4.57. The third-order valence-electron chi connectivity index (χ3n) is 3.15. The van der Waals surface area contributed by atoms with Crippen molar-refractivity contribution in [2.45, 2.75) is 26.2 Å². The van der Waals surface area contributed by atoms with Crippen molar-refractivity contribution in [2.24, 2.45) is 16.8 Å². The molecular weight excluding hydrogens is 257 g/mol. The zero-order valence-corrected chi connectivity index (χ0v) is 11.7. The van der Waals surface area contributed by atoms with Gasteiger partial charge in [0.1, 0.15) is 6.67 Å². The van der Waals surface area contributed by atoms with E-state index in [1.54, 1.807) is 12.2 Å². The molecule has 0 aromatic carbocycles. The molecule has 1 aliphatic heterocycles. The van der Waals surface area contributed by atoms with Gasteiger partial charge in [-0.05, 0) is 24.5 Å². The van der Waals surface area contributed by atoms with Crippen LogP contribution in [0.25, 0.3) is 0 Å². The minimum atomic E-state index is -0.612. The summed E-state index contributed by atoms with van der Waals surface area (Å²) in [5.74, 6) is 2.14. The highest BCUT2D eigenvalue weighted by molar-refractivity contribution is 5.92. The van der Waals surface area contributed by atoms with Gasteiger partial charge >= 0.3 is 6.03 Å². The SMILES string of the molecule is C#C/C=C\C=C(/CF)C1CN(C(N)=O)N=C1CCCC. The van der Waals surface area contributed by atoms with Crippen molar-refractivity contribution in [1.29, 1.82) is 0 Å². The number of hydrogen-bond donors (Lipinski definition) is 1. The van der Waals surface area contributed by atoms with Crippen molar-refractivity contribution < 1.29 is 9.18 Å². The number of unbranched alkanes of at least 4 members (excludes halogenated alkanes) is 1. The van der Waals surface area contributed by atoms with E-state index in [-0.39, 0.29) is 5.92 Å². The van der Waals surface area contributed by atoms with E-state index in [1.807, 2.05) is 0 Å². The molecule has 1 unspecified atom stereocenters. The van der Waals surface area contributed by atoms with Crippen LogP contribution in [0, 0.1) is 18.3 Å². The molecule has 0 aliphatic carbocycles. The number of hydrogen-bond acceptors (Lipinski definition) is 2. The summed E-state index contributed by atoms with van der Waals surface area (Å²) in [5.41, 5.74) is 6.61. The fourth-order valence-corrected chi connectivity index (χ4v) is 2.08. The lowest BCUT2D eigenvalue weighted by molar-refractivity contribution is 0.212.